The van der Waals surface area contributed by atoms with Gasteiger partial charge in [0.05, 0.1) is 16.6 Å². The summed E-state index contributed by atoms with van der Waals surface area (Å²) in [4.78, 5) is 7.15. The second-order valence-electron chi connectivity index (χ2n) is 4.74. The van der Waals surface area contributed by atoms with Crippen LogP contribution < -0.4 is 0 Å². The molecule has 96 valence electrons. The Balaban J connectivity index is 1.70. The van der Waals surface area contributed by atoms with Gasteiger partial charge in [-0.15, -0.1) is 22.9 Å². The summed E-state index contributed by atoms with van der Waals surface area (Å²) in [5.41, 5.74) is 1.03. The molecule has 0 aromatic carbocycles. The molecule has 1 aliphatic rings. The number of rotatable bonds is 8. The molecule has 1 aromatic rings. The Kier molecular flexibility index (Phi) is 5.26. The second kappa shape index (κ2) is 6.72. The monoisotopic (exact) mass is 272 g/mol. The molecule has 2 nitrogen and oxygen atoms in total. The van der Waals surface area contributed by atoms with Crippen molar-refractivity contribution in [2.24, 2.45) is 0 Å². The molecule has 17 heavy (non-hydrogen) atoms. The zero-order chi connectivity index (χ0) is 12.1. The minimum Gasteiger partial charge on any atom is -0.300 e. The first kappa shape index (κ1) is 13.3. The predicted molar refractivity (Wildman–Crippen MR) is 74.9 cm³/mol. The van der Waals surface area contributed by atoms with Crippen LogP contribution in [-0.4, -0.2) is 29.0 Å². The average molecular weight is 273 g/mol. The van der Waals surface area contributed by atoms with E-state index in [9.17, 15) is 0 Å². The van der Waals surface area contributed by atoms with Crippen LogP contribution in [0.1, 0.15) is 43.3 Å². The van der Waals surface area contributed by atoms with Gasteiger partial charge in [0.2, 0.25) is 0 Å². The van der Waals surface area contributed by atoms with Crippen molar-refractivity contribution in [1.82, 2.24) is 9.88 Å². The van der Waals surface area contributed by atoms with Crippen molar-refractivity contribution < 1.29 is 0 Å². The van der Waals surface area contributed by atoms with Crippen molar-refractivity contribution in [2.75, 3.05) is 13.1 Å². The number of aromatic nitrogens is 1. The molecule has 1 saturated carbocycles. The highest BCUT2D eigenvalue weighted by molar-refractivity contribution is 7.09. The van der Waals surface area contributed by atoms with Crippen molar-refractivity contribution in [2.45, 2.75) is 50.9 Å². The standard InChI is InChI=1S/C13H21ClN2S/c1-2-7-16(12-5-6-12)8-3-4-13-15-11(9-14)10-17-13/h10,12H,2-9H2,1H3. The van der Waals surface area contributed by atoms with Crippen molar-refractivity contribution in [3.05, 3.63) is 16.1 Å². The molecule has 1 heterocycles. The van der Waals surface area contributed by atoms with E-state index in [0.717, 1.165) is 18.2 Å². The quantitative estimate of drug-likeness (QED) is 0.671. The van der Waals surface area contributed by atoms with Crippen LogP contribution >= 0.6 is 22.9 Å². The SMILES string of the molecule is CCCN(CCCc1nc(CCl)cs1)C1CC1. The summed E-state index contributed by atoms with van der Waals surface area (Å²) in [6.07, 6.45) is 6.42. The molecule has 0 atom stereocenters. The molecule has 1 fully saturated rings. The summed E-state index contributed by atoms with van der Waals surface area (Å²) >= 11 is 7.50. The van der Waals surface area contributed by atoms with Gasteiger partial charge in [0.15, 0.2) is 0 Å². The fourth-order valence-electron chi connectivity index (χ4n) is 2.16. The number of alkyl halides is 1. The van der Waals surface area contributed by atoms with Gasteiger partial charge >= 0.3 is 0 Å². The third-order valence-corrected chi connectivity index (χ3v) is 4.38. The fraction of sp³-hybridized carbons (Fsp3) is 0.769. The lowest BCUT2D eigenvalue weighted by molar-refractivity contribution is 0.261. The third-order valence-electron chi connectivity index (χ3n) is 3.15. The Hall–Kier alpha value is -0.120. The zero-order valence-electron chi connectivity index (χ0n) is 10.5. The van der Waals surface area contributed by atoms with E-state index in [0.29, 0.717) is 5.88 Å². The molecule has 2 rings (SSSR count). The Morgan fingerprint density at radius 2 is 2.29 bits per heavy atom. The summed E-state index contributed by atoms with van der Waals surface area (Å²) in [5.74, 6) is 0.542. The topological polar surface area (TPSA) is 16.1 Å². The van der Waals surface area contributed by atoms with Crippen LogP contribution in [0.15, 0.2) is 5.38 Å². The van der Waals surface area contributed by atoms with Gasteiger partial charge in [-0.25, -0.2) is 4.98 Å². The smallest absolute Gasteiger partial charge is 0.0929 e. The average Bonchev–Trinajstić information content (AvgIpc) is 3.08. The normalized spacial score (nSPS) is 15.7. The van der Waals surface area contributed by atoms with Gasteiger partial charge in [-0.1, -0.05) is 6.92 Å². The molecule has 0 aliphatic heterocycles. The van der Waals surface area contributed by atoms with Gasteiger partial charge in [0.1, 0.15) is 0 Å². The number of nitrogens with zero attached hydrogens (tertiary/aromatic N) is 2. The third kappa shape index (κ3) is 4.23. The lowest BCUT2D eigenvalue weighted by Gasteiger charge is -2.20. The molecule has 0 amide bonds. The minimum atomic E-state index is 0.542. The van der Waals surface area contributed by atoms with Crippen LogP contribution in [0.2, 0.25) is 0 Å². The highest BCUT2D eigenvalue weighted by Crippen LogP contribution is 2.27. The van der Waals surface area contributed by atoms with Crippen molar-refractivity contribution in [3.63, 3.8) is 0 Å². The van der Waals surface area contributed by atoms with E-state index in [1.807, 2.05) is 0 Å². The molecule has 0 bridgehead atoms. The van der Waals surface area contributed by atoms with Crippen molar-refractivity contribution in [3.8, 4) is 0 Å². The van der Waals surface area contributed by atoms with Crippen LogP contribution in [-0.2, 0) is 12.3 Å². The van der Waals surface area contributed by atoms with Crippen LogP contribution in [0.25, 0.3) is 0 Å². The van der Waals surface area contributed by atoms with E-state index in [1.54, 1.807) is 11.3 Å². The largest absolute Gasteiger partial charge is 0.300 e. The summed E-state index contributed by atoms with van der Waals surface area (Å²) in [6.45, 7) is 4.76. The maximum atomic E-state index is 5.75. The Labute approximate surface area is 113 Å². The number of aryl methyl sites for hydroxylation is 1. The summed E-state index contributed by atoms with van der Waals surface area (Å²) in [7, 11) is 0. The molecular weight excluding hydrogens is 252 g/mol. The Morgan fingerprint density at radius 1 is 1.47 bits per heavy atom. The molecule has 0 saturated heterocycles. The molecule has 1 aliphatic carbocycles. The van der Waals surface area contributed by atoms with Gasteiger partial charge in [0, 0.05) is 17.8 Å². The van der Waals surface area contributed by atoms with Crippen LogP contribution in [0.5, 0.6) is 0 Å². The molecule has 1 aromatic heterocycles. The molecule has 4 heteroatoms. The Bertz CT molecular complexity index is 336. The van der Waals surface area contributed by atoms with Crippen molar-refractivity contribution >= 4 is 22.9 Å². The first-order chi connectivity index (χ1) is 8.33. The van der Waals surface area contributed by atoms with Crippen molar-refractivity contribution in [1.29, 1.82) is 0 Å². The lowest BCUT2D eigenvalue weighted by atomic mass is 10.3. The molecular formula is C13H21ClN2S. The van der Waals surface area contributed by atoms with Gasteiger partial charge in [-0.05, 0) is 38.8 Å². The van der Waals surface area contributed by atoms with Crippen LogP contribution in [0, 0.1) is 0 Å². The molecule has 0 spiro atoms. The maximum absolute atomic E-state index is 5.75. The highest BCUT2D eigenvalue weighted by atomic mass is 35.5. The second-order valence-corrected chi connectivity index (χ2v) is 5.95. The van der Waals surface area contributed by atoms with E-state index in [-0.39, 0.29) is 0 Å². The number of hydrogen-bond donors (Lipinski definition) is 0. The van der Waals surface area contributed by atoms with Crippen LogP contribution in [0.3, 0.4) is 0 Å². The fourth-order valence-corrected chi connectivity index (χ4v) is 3.23. The first-order valence-electron chi connectivity index (χ1n) is 6.56. The number of hydrogen-bond acceptors (Lipinski definition) is 3. The molecule has 0 radical (unpaired) electrons. The van der Waals surface area contributed by atoms with Gasteiger partial charge in [0.25, 0.3) is 0 Å². The van der Waals surface area contributed by atoms with Gasteiger partial charge in [-0.3, -0.25) is 0 Å². The van der Waals surface area contributed by atoms with Crippen LogP contribution in [0.4, 0.5) is 0 Å². The van der Waals surface area contributed by atoms with E-state index in [4.69, 9.17) is 11.6 Å². The molecule has 0 N–H and O–H groups in total. The zero-order valence-corrected chi connectivity index (χ0v) is 12.1. The van der Waals surface area contributed by atoms with E-state index < -0.39 is 0 Å². The summed E-state index contributed by atoms with van der Waals surface area (Å²) in [6, 6.07) is 0.893. The molecule has 0 unspecified atom stereocenters. The van der Waals surface area contributed by atoms with E-state index >= 15 is 0 Å². The maximum Gasteiger partial charge on any atom is 0.0929 e. The minimum absolute atomic E-state index is 0.542. The first-order valence-corrected chi connectivity index (χ1v) is 7.98. The summed E-state index contributed by atoms with van der Waals surface area (Å²) in [5, 5.41) is 3.32. The van der Waals surface area contributed by atoms with E-state index in [1.165, 1.54) is 43.8 Å². The summed E-state index contributed by atoms with van der Waals surface area (Å²) < 4.78 is 0. The number of halogens is 1. The highest BCUT2D eigenvalue weighted by Gasteiger charge is 2.27. The predicted octanol–water partition coefficient (Wildman–Crippen LogP) is 3.69. The Morgan fingerprint density at radius 3 is 2.88 bits per heavy atom. The van der Waals surface area contributed by atoms with Gasteiger partial charge < -0.3 is 4.90 Å². The van der Waals surface area contributed by atoms with Gasteiger partial charge in [-0.2, -0.15) is 0 Å². The number of thiazole rings is 1. The lowest BCUT2D eigenvalue weighted by Crippen LogP contribution is -2.28. The van der Waals surface area contributed by atoms with E-state index in [2.05, 4.69) is 22.2 Å².